The molecule has 30 heavy (non-hydrogen) atoms. The number of hydrogen-bond acceptors (Lipinski definition) is 6. The molecule has 0 bridgehead atoms. The van der Waals surface area contributed by atoms with Crippen LogP contribution >= 0.6 is 0 Å². The number of hydrazine groups is 1. The van der Waals surface area contributed by atoms with Crippen molar-refractivity contribution in [2.45, 2.75) is 19.3 Å². The van der Waals surface area contributed by atoms with Gasteiger partial charge in [-0.1, -0.05) is 24.3 Å². The van der Waals surface area contributed by atoms with Gasteiger partial charge < -0.3 is 14.8 Å². The number of methoxy groups -OCH3 is 1. The zero-order chi connectivity index (χ0) is 21.8. The van der Waals surface area contributed by atoms with Crippen LogP contribution in [0.2, 0.25) is 0 Å². The number of esters is 1. The number of amides is 3. The second-order valence-electron chi connectivity index (χ2n) is 6.16. The number of rotatable bonds is 9. The van der Waals surface area contributed by atoms with Crippen LogP contribution < -0.4 is 20.9 Å². The number of carbonyl (C=O) groups is 4. The zero-order valence-electron chi connectivity index (χ0n) is 16.5. The lowest BCUT2D eigenvalue weighted by atomic mass is 10.2. The molecule has 2 rings (SSSR count). The fourth-order valence-corrected chi connectivity index (χ4v) is 2.36. The average Bonchev–Trinajstić information content (AvgIpc) is 2.76. The lowest BCUT2D eigenvalue weighted by molar-refractivity contribution is -0.147. The van der Waals surface area contributed by atoms with E-state index in [0.29, 0.717) is 17.0 Å². The third kappa shape index (κ3) is 8.01. The Morgan fingerprint density at radius 2 is 1.63 bits per heavy atom. The third-order valence-corrected chi connectivity index (χ3v) is 3.85. The summed E-state index contributed by atoms with van der Waals surface area (Å²) in [6.07, 6.45) is 0.191. The molecule has 0 fully saturated rings. The van der Waals surface area contributed by atoms with E-state index in [1.807, 2.05) is 0 Å². The molecular formula is C21H23N3O6. The standard InChI is InChI=1S/C21H23N3O6/c1-29-17-10-5-9-16(13-17)22-19(26)14-30-20(27)12-6-11-18(25)23-24-21(28)15-7-3-2-4-8-15/h2-5,7-10,13H,6,11-12,14H2,1H3,(H,22,26)(H,23,25)(H,24,28). The Bertz CT molecular complexity index is 885. The van der Waals surface area contributed by atoms with E-state index < -0.39 is 30.3 Å². The van der Waals surface area contributed by atoms with Gasteiger partial charge in [-0.3, -0.25) is 30.0 Å². The predicted octanol–water partition coefficient (Wildman–Crippen LogP) is 1.81. The number of hydrogen-bond donors (Lipinski definition) is 3. The van der Waals surface area contributed by atoms with Crippen molar-refractivity contribution in [1.82, 2.24) is 10.9 Å². The van der Waals surface area contributed by atoms with Crippen molar-refractivity contribution in [2.24, 2.45) is 0 Å². The van der Waals surface area contributed by atoms with E-state index in [4.69, 9.17) is 9.47 Å². The van der Waals surface area contributed by atoms with Crippen molar-refractivity contribution in [2.75, 3.05) is 19.0 Å². The molecule has 0 aliphatic carbocycles. The first-order valence-electron chi connectivity index (χ1n) is 9.21. The molecular weight excluding hydrogens is 390 g/mol. The Morgan fingerprint density at radius 3 is 2.37 bits per heavy atom. The van der Waals surface area contributed by atoms with Gasteiger partial charge in [0.15, 0.2) is 6.61 Å². The Balaban J connectivity index is 1.59. The minimum Gasteiger partial charge on any atom is -0.497 e. The van der Waals surface area contributed by atoms with Gasteiger partial charge in [-0.2, -0.15) is 0 Å². The highest BCUT2D eigenvalue weighted by atomic mass is 16.5. The summed E-state index contributed by atoms with van der Waals surface area (Å²) in [5.74, 6) is -1.38. The van der Waals surface area contributed by atoms with Crippen LogP contribution in [0.15, 0.2) is 54.6 Å². The Morgan fingerprint density at radius 1 is 0.867 bits per heavy atom. The second-order valence-corrected chi connectivity index (χ2v) is 6.16. The molecule has 2 aromatic carbocycles. The van der Waals surface area contributed by atoms with E-state index >= 15 is 0 Å². The van der Waals surface area contributed by atoms with Gasteiger partial charge in [0.2, 0.25) is 5.91 Å². The van der Waals surface area contributed by atoms with Crippen molar-refractivity contribution in [1.29, 1.82) is 0 Å². The van der Waals surface area contributed by atoms with Crippen molar-refractivity contribution in [3.05, 3.63) is 60.2 Å². The topological polar surface area (TPSA) is 123 Å². The van der Waals surface area contributed by atoms with E-state index in [9.17, 15) is 19.2 Å². The summed E-state index contributed by atoms with van der Waals surface area (Å²) in [6.45, 7) is -0.435. The van der Waals surface area contributed by atoms with Gasteiger partial charge in [0.1, 0.15) is 5.75 Å². The molecule has 3 N–H and O–H groups in total. The molecule has 158 valence electrons. The van der Waals surface area contributed by atoms with Gasteiger partial charge in [-0.25, -0.2) is 0 Å². The molecule has 9 nitrogen and oxygen atoms in total. The minimum atomic E-state index is -0.600. The fourth-order valence-electron chi connectivity index (χ4n) is 2.36. The van der Waals surface area contributed by atoms with Crippen LogP contribution in [-0.2, 0) is 19.1 Å². The van der Waals surface area contributed by atoms with Crippen LogP contribution in [-0.4, -0.2) is 37.4 Å². The number of anilines is 1. The van der Waals surface area contributed by atoms with E-state index in [2.05, 4.69) is 16.2 Å². The number of carbonyl (C=O) groups excluding carboxylic acids is 4. The molecule has 3 amide bonds. The maximum absolute atomic E-state index is 11.8. The van der Waals surface area contributed by atoms with Crippen molar-refractivity contribution >= 4 is 29.4 Å². The predicted molar refractivity (Wildman–Crippen MR) is 108 cm³/mol. The summed E-state index contributed by atoms with van der Waals surface area (Å²) >= 11 is 0. The highest BCUT2D eigenvalue weighted by Crippen LogP contribution is 2.16. The van der Waals surface area contributed by atoms with Gasteiger partial charge in [-0.05, 0) is 30.7 Å². The van der Waals surface area contributed by atoms with Crippen LogP contribution in [0.3, 0.4) is 0 Å². The van der Waals surface area contributed by atoms with E-state index in [1.54, 1.807) is 54.6 Å². The lowest BCUT2D eigenvalue weighted by Gasteiger charge is -2.08. The summed E-state index contributed by atoms with van der Waals surface area (Å²) < 4.78 is 9.95. The smallest absolute Gasteiger partial charge is 0.306 e. The quantitative estimate of drug-likeness (QED) is 0.426. The maximum Gasteiger partial charge on any atom is 0.306 e. The van der Waals surface area contributed by atoms with Crippen molar-refractivity contribution in [3.63, 3.8) is 0 Å². The molecule has 0 atom stereocenters. The molecule has 0 saturated carbocycles. The summed E-state index contributed by atoms with van der Waals surface area (Å²) in [5, 5.41) is 2.59. The first-order chi connectivity index (χ1) is 14.5. The molecule has 0 unspecified atom stereocenters. The molecule has 0 saturated heterocycles. The van der Waals surface area contributed by atoms with E-state index in [1.165, 1.54) is 7.11 Å². The fraction of sp³-hybridized carbons (Fsp3) is 0.238. The summed E-state index contributed by atoms with van der Waals surface area (Å²) in [6, 6.07) is 15.2. The zero-order valence-corrected chi connectivity index (χ0v) is 16.5. The minimum absolute atomic E-state index is 0.0141. The molecule has 0 aromatic heterocycles. The average molecular weight is 413 g/mol. The lowest BCUT2D eigenvalue weighted by Crippen LogP contribution is -2.41. The summed E-state index contributed by atoms with van der Waals surface area (Å²) in [4.78, 5) is 47.1. The van der Waals surface area contributed by atoms with Crippen molar-refractivity contribution < 1.29 is 28.7 Å². The molecule has 0 heterocycles. The summed E-state index contributed by atoms with van der Waals surface area (Å²) in [7, 11) is 1.51. The largest absolute Gasteiger partial charge is 0.497 e. The van der Waals surface area contributed by atoms with Crippen LogP contribution in [0.25, 0.3) is 0 Å². The highest BCUT2D eigenvalue weighted by molar-refractivity contribution is 5.95. The first-order valence-corrected chi connectivity index (χ1v) is 9.21. The Labute approximate surface area is 173 Å². The Hall–Kier alpha value is -3.88. The Kier molecular flexibility index (Phi) is 8.85. The van der Waals surface area contributed by atoms with Gasteiger partial charge in [0.25, 0.3) is 11.8 Å². The van der Waals surface area contributed by atoms with Crippen LogP contribution in [0.5, 0.6) is 5.75 Å². The van der Waals surface area contributed by atoms with E-state index in [-0.39, 0.29) is 19.3 Å². The first kappa shape index (κ1) is 22.4. The van der Waals surface area contributed by atoms with Gasteiger partial charge in [0.05, 0.1) is 7.11 Å². The number of benzene rings is 2. The molecule has 9 heteroatoms. The molecule has 2 aromatic rings. The van der Waals surface area contributed by atoms with Crippen LogP contribution in [0.4, 0.5) is 5.69 Å². The molecule has 0 spiro atoms. The van der Waals surface area contributed by atoms with Crippen LogP contribution in [0, 0.1) is 0 Å². The van der Waals surface area contributed by atoms with Gasteiger partial charge in [0, 0.05) is 30.2 Å². The highest BCUT2D eigenvalue weighted by Gasteiger charge is 2.11. The number of nitrogens with one attached hydrogen (secondary N) is 3. The van der Waals surface area contributed by atoms with Gasteiger partial charge in [-0.15, -0.1) is 0 Å². The normalized spacial score (nSPS) is 9.90. The maximum atomic E-state index is 11.8. The molecule has 0 aliphatic heterocycles. The summed E-state index contributed by atoms with van der Waals surface area (Å²) in [5.41, 5.74) is 5.50. The molecule has 0 aliphatic rings. The van der Waals surface area contributed by atoms with E-state index in [0.717, 1.165) is 0 Å². The van der Waals surface area contributed by atoms with Gasteiger partial charge >= 0.3 is 5.97 Å². The van der Waals surface area contributed by atoms with Crippen molar-refractivity contribution in [3.8, 4) is 5.75 Å². The third-order valence-electron chi connectivity index (χ3n) is 3.85. The van der Waals surface area contributed by atoms with Crippen LogP contribution in [0.1, 0.15) is 29.6 Å². The monoisotopic (exact) mass is 413 g/mol. The number of ether oxygens (including phenoxy) is 2. The SMILES string of the molecule is COc1cccc(NC(=O)COC(=O)CCCC(=O)NNC(=O)c2ccccc2)c1. The molecule has 0 radical (unpaired) electrons. The second kappa shape index (κ2) is 11.8.